The Balaban J connectivity index is 1.94. The molecule has 0 saturated heterocycles. The van der Waals surface area contributed by atoms with Gasteiger partial charge in [-0.3, -0.25) is 4.67 Å². The minimum absolute atomic E-state index is 0.349. The van der Waals surface area contributed by atoms with Crippen molar-refractivity contribution in [1.29, 1.82) is 0 Å². The Bertz CT molecular complexity index is 1010. The summed E-state index contributed by atoms with van der Waals surface area (Å²) in [5, 5.41) is 2.40. The van der Waals surface area contributed by atoms with Crippen molar-refractivity contribution in [3.05, 3.63) is 132 Å². The largest absolute Gasteiger partial charge is 0.257 e. The lowest BCUT2D eigenvalue weighted by Crippen LogP contribution is -2.43. The molecule has 4 aromatic carbocycles. The van der Waals surface area contributed by atoms with Crippen molar-refractivity contribution in [3.8, 4) is 0 Å². The molecule has 1 nitrogen and oxygen atoms in total. The third kappa shape index (κ3) is 5.59. The zero-order valence-corrected chi connectivity index (χ0v) is 21.9. The SMILES string of the molecule is CSCCCN(P(c1ccccc1)c1ccccc1)C(P)(c1ccccc1)c1ccccc1. The van der Waals surface area contributed by atoms with Gasteiger partial charge >= 0.3 is 0 Å². The summed E-state index contributed by atoms with van der Waals surface area (Å²) < 4.78 is 2.75. The van der Waals surface area contributed by atoms with E-state index in [1.54, 1.807) is 0 Å². The molecule has 0 heterocycles. The second-order valence-corrected chi connectivity index (χ2v) is 11.9. The van der Waals surface area contributed by atoms with Crippen molar-refractivity contribution in [1.82, 2.24) is 4.67 Å². The van der Waals surface area contributed by atoms with Crippen molar-refractivity contribution in [2.24, 2.45) is 0 Å². The zero-order chi connectivity index (χ0) is 22.9. The van der Waals surface area contributed by atoms with Crippen LogP contribution in [0.25, 0.3) is 0 Å². The Kier molecular flexibility index (Phi) is 8.76. The third-order valence-electron chi connectivity index (χ3n) is 5.80. The smallest absolute Gasteiger partial charge is 0.0891 e. The average Bonchev–Trinajstić information content (AvgIpc) is 2.90. The summed E-state index contributed by atoms with van der Waals surface area (Å²) in [4.78, 5) is 0. The van der Waals surface area contributed by atoms with Gasteiger partial charge < -0.3 is 0 Å². The highest BCUT2D eigenvalue weighted by Crippen LogP contribution is 2.54. The molecule has 0 saturated carbocycles. The third-order valence-corrected chi connectivity index (χ3v) is 10.3. The topological polar surface area (TPSA) is 3.24 Å². The Morgan fingerprint density at radius 3 is 1.45 bits per heavy atom. The maximum atomic E-state index is 3.28. The molecule has 4 heteroatoms. The highest BCUT2D eigenvalue weighted by molar-refractivity contribution is 7.98. The van der Waals surface area contributed by atoms with Crippen molar-refractivity contribution in [2.45, 2.75) is 11.7 Å². The molecule has 0 amide bonds. The molecule has 4 aromatic rings. The molecule has 0 aliphatic heterocycles. The van der Waals surface area contributed by atoms with E-state index in [-0.39, 0.29) is 5.28 Å². The lowest BCUT2D eigenvalue weighted by Gasteiger charge is -2.47. The molecular weight excluding hydrogens is 456 g/mol. The van der Waals surface area contributed by atoms with Gasteiger partial charge in [0.15, 0.2) is 0 Å². The van der Waals surface area contributed by atoms with Gasteiger partial charge in [0.05, 0.1) is 5.28 Å². The zero-order valence-electron chi connectivity index (χ0n) is 19.0. The van der Waals surface area contributed by atoms with Gasteiger partial charge in [-0.25, -0.2) is 0 Å². The molecule has 33 heavy (non-hydrogen) atoms. The minimum atomic E-state index is -0.763. The molecule has 0 aliphatic carbocycles. The average molecular weight is 488 g/mol. The predicted octanol–water partition coefficient (Wildman–Crippen LogP) is 6.87. The fourth-order valence-corrected chi connectivity index (χ4v) is 8.14. The fraction of sp³-hybridized carbons (Fsp3) is 0.172. The van der Waals surface area contributed by atoms with Crippen LogP contribution in [-0.4, -0.2) is 23.2 Å². The van der Waals surface area contributed by atoms with Gasteiger partial charge in [0.1, 0.15) is 0 Å². The number of benzene rings is 4. The first-order valence-corrected chi connectivity index (χ1v) is 14.6. The molecule has 0 spiro atoms. The van der Waals surface area contributed by atoms with E-state index in [1.165, 1.54) is 21.7 Å². The van der Waals surface area contributed by atoms with Gasteiger partial charge in [-0.2, -0.15) is 11.8 Å². The van der Waals surface area contributed by atoms with Crippen molar-refractivity contribution in [2.75, 3.05) is 18.6 Å². The highest BCUT2D eigenvalue weighted by atomic mass is 32.2. The summed E-state index contributed by atoms with van der Waals surface area (Å²) in [5.41, 5.74) is 2.59. The van der Waals surface area contributed by atoms with Crippen molar-refractivity contribution < 1.29 is 0 Å². The fourth-order valence-electron chi connectivity index (χ4n) is 4.21. The maximum absolute atomic E-state index is 3.28. The Morgan fingerprint density at radius 2 is 1.06 bits per heavy atom. The first-order chi connectivity index (χ1) is 16.2. The lowest BCUT2D eigenvalue weighted by molar-refractivity contribution is 0.358. The van der Waals surface area contributed by atoms with Crippen molar-refractivity contribution in [3.63, 3.8) is 0 Å². The van der Waals surface area contributed by atoms with E-state index < -0.39 is 8.07 Å². The number of hydrogen-bond donors (Lipinski definition) is 0. The van der Waals surface area contributed by atoms with Crippen LogP contribution < -0.4 is 10.6 Å². The molecular formula is C29H31NP2S. The maximum Gasteiger partial charge on any atom is 0.0891 e. The Labute approximate surface area is 206 Å². The van der Waals surface area contributed by atoms with Crippen LogP contribution in [0.5, 0.6) is 0 Å². The summed E-state index contributed by atoms with van der Waals surface area (Å²) in [6, 6.07) is 44.0. The lowest BCUT2D eigenvalue weighted by atomic mass is 9.97. The predicted molar refractivity (Wildman–Crippen MR) is 152 cm³/mol. The monoisotopic (exact) mass is 487 g/mol. The van der Waals surface area contributed by atoms with Crippen LogP contribution in [0.15, 0.2) is 121 Å². The minimum Gasteiger partial charge on any atom is -0.257 e. The van der Waals surface area contributed by atoms with Gasteiger partial charge in [0.25, 0.3) is 0 Å². The van der Waals surface area contributed by atoms with Crippen LogP contribution in [0.3, 0.4) is 0 Å². The molecule has 0 N–H and O–H groups in total. The van der Waals surface area contributed by atoms with E-state index in [0.717, 1.165) is 18.7 Å². The molecule has 0 bridgehead atoms. The summed E-state index contributed by atoms with van der Waals surface area (Å²) in [6.07, 6.45) is 3.33. The molecule has 0 aromatic heterocycles. The van der Waals surface area contributed by atoms with Crippen LogP contribution in [0.2, 0.25) is 0 Å². The first kappa shape index (κ1) is 24.2. The molecule has 0 fully saturated rings. The van der Waals surface area contributed by atoms with Crippen LogP contribution >= 0.6 is 29.1 Å². The Morgan fingerprint density at radius 1 is 0.667 bits per heavy atom. The van der Waals surface area contributed by atoms with E-state index >= 15 is 0 Å². The second-order valence-electron chi connectivity index (χ2n) is 7.95. The van der Waals surface area contributed by atoms with Crippen LogP contribution in [0, 0.1) is 0 Å². The molecule has 4 rings (SSSR count). The molecule has 1 unspecified atom stereocenters. The quantitative estimate of drug-likeness (QED) is 0.177. The van der Waals surface area contributed by atoms with E-state index in [9.17, 15) is 0 Å². The van der Waals surface area contributed by atoms with Gasteiger partial charge in [0.2, 0.25) is 0 Å². The Hall–Kier alpha value is -1.95. The standard InChI is InChI=1S/C29H31NP2S/c1-33-24-14-23-30(32(27-19-10-4-11-20-27)28-21-12-5-13-22-28)29(31,25-15-6-2-7-16-25)26-17-8-3-9-18-26/h2-13,15-22H,14,23-24,31H2,1H3. The van der Waals surface area contributed by atoms with E-state index in [0.29, 0.717) is 0 Å². The summed E-state index contributed by atoms with van der Waals surface area (Å²) in [5.74, 6) is 1.15. The second kappa shape index (κ2) is 12.0. The molecule has 0 radical (unpaired) electrons. The van der Waals surface area contributed by atoms with Crippen LogP contribution in [0.4, 0.5) is 0 Å². The molecule has 168 valence electrons. The summed E-state index contributed by atoms with van der Waals surface area (Å²) in [6.45, 7) is 1.00. The number of hydrogen-bond acceptors (Lipinski definition) is 2. The van der Waals surface area contributed by atoms with Crippen LogP contribution in [-0.2, 0) is 5.28 Å². The summed E-state index contributed by atoms with van der Waals surface area (Å²) >= 11 is 1.92. The van der Waals surface area contributed by atoms with Gasteiger partial charge in [-0.05, 0) is 40.2 Å². The van der Waals surface area contributed by atoms with Gasteiger partial charge in [-0.1, -0.05) is 121 Å². The summed E-state index contributed by atoms with van der Waals surface area (Å²) in [7, 11) is 2.51. The van der Waals surface area contributed by atoms with Crippen molar-refractivity contribution >= 4 is 39.7 Å². The van der Waals surface area contributed by atoms with E-state index in [2.05, 4.69) is 141 Å². The molecule has 0 aliphatic rings. The molecule has 1 atom stereocenters. The van der Waals surface area contributed by atoms with Gasteiger partial charge in [-0.15, -0.1) is 9.24 Å². The number of thioether (sulfide) groups is 1. The number of nitrogens with zero attached hydrogens (tertiary/aromatic N) is 1. The van der Waals surface area contributed by atoms with E-state index in [4.69, 9.17) is 0 Å². The highest BCUT2D eigenvalue weighted by Gasteiger charge is 2.40. The van der Waals surface area contributed by atoms with Crippen LogP contribution in [0.1, 0.15) is 17.5 Å². The van der Waals surface area contributed by atoms with Gasteiger partial charge in [0, 0.05) is 14.6 Å². The first-order valence-electron chi connectivity index (χ1n) is 11.3. The number of rotatable bonds is 10. The normalized spacial score (nSPS) is 11.8. The van der Waals surface area contributed by atoms with E-state index in [1.807, 2.05) is 11.8 Å².